The summed E-state index contributed by atoms with van der Waals surface area (Å²) in [5.74, 6) is -0.210. The van der Waals surface area contributed by atoms with Gasteiger partial charge in [-0.15, -0.1) is 0 Å². The number of hydrogen-bond acceptors (Lipinski definition) is 5. The number of fused-ring (bicyclic) bond motifs is 2. The van der Waals surface area contributed by atoms with E-state index in [1.165, 1.54) is 13.1 Å². The second-order valence-corrected chi connectivity index (χ2v) is 10.2. The molecule has 2 amide bonds. The number of hydrogen-bond donors (Lipinski definition) is 1. The molecule has 9 heteroatoms. The van der Waals surface area contributed by atoms with Crippen LogP contribution < -0.4 is 15.0 Å². The molecule has 0 saturated heterocycles. The number of likely N-dealkylation sites (N-methyl/N-ethyl adjacent to an activating group) is 1. The van der Waals surface area contributed by atoms with Crippen LogP contribution in [-0.4, -0.2) is 50.8 Å². The number of ether oxygens (including phenoxy) is 1. The van der Waals surface area contributed by atoms with Crippen LogP contribution in [0.1, 0.15) is 30.9 Å². The molecular formula is C23H27N3O5S. The number of benzene rings is 2. The maximum Gasteiger partial charge on any atom is 0.265 e. The number of amides is 2. The molecule has 2 aliphatic rings. The van der Waals surface area contributed by atoms with Crippen LogP contribution in [0.5, 0.6) is 5.75 Å². The zero-order valence-corrected chi connectivity index (χ0v) is 19.2. The third-order valence-corrected chi connectivity index (χ3v) is 7.87. The van der Waals surface area contributed by atoms with Gasteiger partial charge in [0.1, 0.15) is 5.75 Å². The first kappa shape index (κ1) is 22.3. The van der Waals surface area contributed by atoms with Gasteiger partial charge in [0.25, 0.3) is 5.91 Å². The quantitative estimate of drug-likeness (QED) is 0.745. The van der Waals surface area contributed by atoms with Crippen LogP contribution >= 0.6 is 0 Å². The van der Waals surface area contributed by atoms with Gasteiger partial charge in [-0.25, -0.2) is 8.42 Å². The minimum Gasteiger partial charge on any atom is -0.478 e. The minimum absolute atomic E-state index is 0.0524. The topological polar surface area (TPSA) is 96.0 Å². The largest absolute Gasteiger partial charge is 0.478 e. The molecule has 170 valence electrons. The number of anilines is 2. The van der Waals surface area contributed by atoms with Crippen molar-refractivity contribution in [3.8, 4) is 5.75 Å². The number of sulfonamides is 1. The van der Waals surface area contributed by atoms with Gasteiger partial charge in [0.2, 0.25) is 15.9 Å². The fraction of sp³-hybridized carbons (Fsp3) is 0.391. The number of para-hydroxylation sites is 1. The molecule has 0 radical (unpaired) electrons. The Kier molecular flexibility index (Phi) is 5.96. The first-order valence-corrected chi connectivity index (χ1v) is 12.1. The Bertz CT molecular complexity index is 1180. The summed E-state index contributed by atoms with van der Waals surface area (Å²) >= 11 is 0. The summed E-state index contributed by atoms with van der Waals surface area (Å²) in [5, 5.41) is 2.76. The van der Waals surface area contributed by atoms with Crippen LogP contribution in [0.25, 0.3) is 0 Å². The van der Waals surface area contributed by atoms with Gasteiger partial charge < -0.3 is 15.0 Å². The van der Waals surface area contributed by atoms with Gasteiger partial charge in [-0.3, -0.25) is 9.59 Å². The highest BCUT2D eigenvalue weighted by Gasteiger charge is 2.32. The lowest BCUT2D eigenvalue weighted by Crippen LogP contribution is -2.43. The molecule has 2 heterocycles. The van der Waals surface area contributed by atoms with Crippen molar-refractivity contribution in [1.29, 1.82) is 0 Å². The fourth-order valence-electron chi connectivity index (χ4n) is 4.15. The van der Waals surface area contributed by atoms with Gasteiger partial charge in [0.15, 0.2) is 6.10 Å². The Morgan fingerprint density at radius 2 is 2.03 bits per heavy atom. The number of carbonyl (C=O) groups excluding carboxylic acids is 2. The minimum atomic E-state index is -3.96. The van der Waals surface area contributed by atoms with Gasteiger partial charge >= 0.3 is 0 Å². The van der Waals surface area contributed by atoms with Gasteiger partial charge in [0, 0.05) is 25.3 Å². The Balaban J connectivity index is 1.58. The molecule has 2 aromatic carbocycles. The summed E-state index contributed by atoms with van der Waals surface area (Å²) in [7, 11) is -2.56. The first-order valence-electron chi connectivity index (χ1n) is 10.7. The molecule has 0 fully saturated rings. The highest BCUT2D eigenvalue weighted by atomic mass is 32.2. The van der Waals surface area contributed by atoms with Crippen molar-refractivity contribution in [2.75, 3.05) is 30.4 Å². The zero-order chi connectivity index (χ0) is 23.0. The lowest BCUT2D eigenvalue weighted by atomic mass is 10.0. The molecule has 0 aromatic heterocycles. The third-order valence-electron chi connectivity index (χ3n) is 5.92. The number of rotatable bonds is 5. The van der Waals surface area contributed by atoms with Crippen LogP contribution in [0.2, 0.25) is 0 Å². The molecule has 1 atom stereocenters. The second-order valence-electron chi connectivity index (χ2n) is 8.16. The van der Waals surface area contributed by atoms with Crippen LogP contribution in [0.3, 0.4) is 0 Å². The SMILES string of the molecule is CC[C@H]1Oc2cc(S(=O)(=O)N(C)CC(=O)N3CCCc4ccccc43)c(C)cc2NC1=O. The van der Waals surface area contributed by atoms with Crippen molar-refractivity contribution in [3.63, 3.8) is 0 Å². The normalized spacial score (nSPS) is 17.9. The number of aryl methyl sites for hydroxylation is 2. The lowest BCUT2D eigenvalue weighted by molar-refractivity contribution is -0.123. The Morgan fingerprint density at radius 1 is 1.28 bits per heavy atom. The molecule has 1 N–H and O–H groups in total. The molecule has 0 saturated carbocycles. The molecule has 0 unspecified atom stereocenters. The summed E-state index contributed by atoms with van der Waals surface area (Å²) in [4.78, 5) is 26.8. The fourth-order valence-corrected chi connectivity index (χ4v) is 5.49. The molecule has 0 spiro atoms. The predicted molar refractivity (Wildman–Crippen MR) is 121 cm³/mol. The van der Waals surface area contributed by atoms with Crippen molar-refractivity contribution < 1.29 is 22.7 Å². The van der Waals surface area contributed by atoms with E-state index >= 15 is 0 Å². The first-order chi connectivity index (χ1) is 15.2. The molecular weight excluding hydrogens is 430 g/mol. The summed E-state index contributed by atoms with van der Waals surface area (Å²) < 4.78 is 33.4. The van der Waals surface area contributed by atoms with Gasteiger partial charge in [-0.2, -0.15) is 4.31 Å². The van der Waals surface area contributed by atoms with E-state index in [2.05, 4.69) is 5.32 Å². The van der Waals surface area contributed by atoms with E-state index in [0.717, 1.165) is 28.4 Å². The van der Waals surface area contributed by atoms with Crippen LogP contribution in [0.4, 0.5) is 11.4 Å². The molecule has 8 nitrogen and oxygen atoms in total. The highest BCUT2D eigenvalue weighted by Crippen LogP contribution is 2.36. The lowest BCUT2D eigenvalue weighted by Gasteiger charge is -2.31. The van der Waals surface area contributed by atoms with E-state index in [0.29, 0.717) is 30.0 Å². The maximum absolute atomic E-state index is 13.3. The zero-order valence-electron chi connectivity index (χ0n) is 18.4. The number of nitrogens with one attached hydrogen (secondary N) is 1. The van der Waals surface area contributed by atoms with E-state index in [4.69, 9.17) is 4.74 Å². The number of nitrogens with zero attached hydrogens (tertiary/aromatic N) is 2. The van der Waals surface area contributed by atoms with Crippen molar-refractivity contribution in [2.45, 2.75) is 44.1 Å². The molecule has 4 rings (SSSR count). The Hall–Kier alpha value is -2.91. The van der Waals surface area contributed by atoms with E-state index < -0.39 is 16.1 Å². The summed E-state index contributed by atoms with van der Waals surface area (Å²) in [5.41, 5.74) is 2.84. The van der Waals surface area contributed by atoms with Crippen LogP contribution in [0.15, 0.2) is 41.3 Å². The molecule has 0 bridgehead atoms. The average molecular weight is 458 g/mol. The highest BCUT2D eigenvalue weighted by molar-refractivity contribution is 7.89. The van der Waals surface area contributed by atoms with Crippen molar-refractivity contribution in [1.82, 2.24) is 4.31 Å². The van der Waals surface area contributed by atoms with E-state index in [-0.39, 0.29) is 23.3 Å². The van der Waals surface area contributed by atoms with Crippen LogP contribution in [-0.2, 0) is 26.0 Å². The Morgan fingerprint density at radius 3 is 2.78 bits per heavy atom. The predicted octanol–water partition coefficient (Wildman–Crippen LogP) is 2.70. The number of carbonyl (C=O) groups is 2. The van der Waals surface area contributed by atoms with Crippen molar-refractivity contribution in [3.05, 3.63) is 47.5 Å². The van der Waals surface area contributed by atoms with Gasteiger partial charge in [-0.05, 0) is 49.4 Å². The van der Waals surface area contributed by atoms with E-state index in [1.807, 2.05) is 31.2 Å². The molecule has 0 aliphatic carbocycles. The van der Waals surface area contributed by atoms with Crippen molar-refractivity contribution >= 4 is 33.2 Å². The molecule has 2 aliphatic heterocycles. The van der Waals surface area contributed by atoms with Crippen molar-refractivity contribution in [2.24, 2.45) is 0 Å². The van der Waals surface area contributed by atoms with Crippen LogP contribution in [0, 0.1) is 6.92 Å². The molecule has 2 aromatic rings. The smallest absolute Gasteiger partial charge is 0.265 e. The van der Waals surface area contributed by atoms with E-state index in [1.54, 1.807) is 17.9 Å². The summed E-state index contributed by atoms with van der Waals surface area (Å²) in [6, 6.07) is 10.7. The second kappa shape index (κ2) is 8.55. The Labute approximate surface area is 188 Å². The monoisotopic (exact) mass is 457 g/mol. The standard InChI is InChI=1S/C23H27N3O5S/c1-4-19-23(28)24-17-12-15(2)21(13-20(17)31-19)32(29,30)25(3)14-22(27)26-11-7-9-16-8-5-6-10-18(16)26/h5-6,8,10,12-13,19H,4,7,9,11,14H2,1-3H3,(H,24,28)/t19-/m1/s1. The van der Waals surface area contributed by atoms with Gasteiger partial charge in [-0.1, -0.05) is 25.1 Å². The summed E-state index contributed by atoms with van der Waals surface area (Å²) in [6.07, 6.45) is 1.54. The average Bonchev–Trinajstić information content (AvgIpc) is 2.77. The third kappa shape index (κ3) is 3.98. The van der Waals surface area contributed by atoms with E-state index in [9.17, 15) is 18.0 Å². The molecule has 32 heavy (non-hydrogen) atoms. The maximum atomic E-state index is 13.3. The van der Waals surface area contributed by atoms with Gasteiger partial charge in [0.05, 0.1) is 17.1 Å². The summed E-state index contributed by atoms with van der Waals surface area (Å²) in [6.45, 7) is 3.76.